The van der Waals surface area contributed by atoms with Gasteiger partial charge in [-0.25, -0.2) is 0 Å². The van der Waals surface area contributed by atoms with Gasteiger partial charge in [-0.2, -0.15) is 0 Å². The summed E-state index contributed by atoms with van der Waals surface area (Å²) in [5.74, 6) is 1.72. The highest BCUT2D eigenvalue weighted by Crippen LogP contribution is 2.38. The maximum atomic E-state index is 12.2. The van der Waals surface area contributed by atoms with Gasteiger partial charge in [-0.15, -0.1) is 23.5 Å². The molecule has 1 fully saturated rings. The third-order valence-electron chi connectivity index (χ3n) is 7.75. The molecule has 4 aromatic rings. The Bertz CT molecular complexity index is 1420. The van der Waals surface area contributed by atoms with Crippen LogP contribution in [0.1, 0.15) is 35.6 Å². The summed E-state index contributed by atoms with van der Waals surface area (Å²) in [6.45, 7) is 2.88. The third-order valence-corrected chi connectivity index (χ3v) is 10.8. The van der Waals surface area contributed by atoms with Crippen LogP contribution < -0.4 is 0 Å². The lowest BCUT2D eigenvalue weighted by atomic mass is 10.0. The number of esters is 1. The van der Waals surface area contributed by atoms with Gasteiger partial charge in [-0.1, -0.05) is 121 Å². The minimum atomic E-state index is -0.634. The topological polar surface area (TPSA) is 63.2 Å². The molecule has 0 aliphatic carbocycles. The molecule has 0 amide bonds. The maximum Gasteiger partial charge on any atom is 0.302 e. The van der Waals surface area contributed by atoms with Crippen LogP contribution in [0.2, 0.25) is 0 Å². The summed E-state index contributed by atoms with van der Waals surface area (Å²) < 4.78 is 33.0. The molecule has 8 heteroatoms. The molecule has 4 aromatic carbocycles. The standard InChI is InChI=1S/C39H44O6S2/c1-30(40)41-29-35(42-25-31-15-6-2-7-16-31)36(43-26-32-17-8-3-9-18-32)37(44-27-33-19-10-4-11-20-33)38(39-46-23-14-24-47-39)45-28-34-21-12-5-13-22-34/h2-13,15-22,35-39H,14,23-29H2,1H3/t35-,36+,37+,38+/m0/s1. The van der Waals surface area contributed by atoms with Gasteiger partial charge in [-0.3, -0.25) is 4.79 Å². The monoisotopic (exact) mass is 672 g/mol. The molecule has 0 spiro atoms. The SMILES string of the molecule is CC(=O)OC[C@H](OCc1ccccc1)[C@@H](OCc1ccccc1)[C@@H](OCc1ccccc1)[C@@H](OCc1ccccc1)C1SCCCS1. The number of carbonyl (C=O) groups is 1. The predicted octanol–water partition coefficient (Wildman–Crippen LogP) is 8.09. The first-order valence-electron chi connectivity index (χ1n) is 16.1. The molecule has 0 radical (unpaired) electrons. The van der Waals surface area contributed by atoms with Crippen LogP contribution in [-0.4, -0.2) is 53.1 Å². The summed E-state index contributed by atoms with van der Waals surface area (Å²) in [7, 11) is 0. The fourth-order valence-corrected chi connectivity index (χ4v) is 8.41. The number of benzene rings is 4. The second-order valence-corrected chi connectivity index (χ2v) is 14.2. The van der Waals surface area contributed by atoms with E-state index >= 15 is 0 Å². The van der Waals surface area contributed by atoms with Crippen molar-refractivity contribution in [3.05, 3.63) is 144 Å². The zero-order chi connectivity index (χ0) is 32.5. The van der Waals surface area contributed by atoms with Crippen LogP contribution in [0.5, 0.6) is 0 Å². The third kappa shape index (κ3) is 11.8. The van der Waals surface area contributed by atoms with E-state index in [2.05, 4.69) is 24.3 Å². The summed E-state index contributed by atoms with van der Waals surface area (Å²) in [6.07, 6.45) is -1.02. The average molecular weight is 673 g/mol. The Morgan fingerprint density at radius 1 is 0.596 bits per heavy atom. The van der Waals surface area contributed by atoms with Crippen molar-refractivity contribution in [3.63, 3.8) is 0 Å². The number of ether oxygens (including phenoxy) is 5. The fraction of sp³-hybridized carbons (Fsp3) is 0.359. The molecule has 248 valence electrons. The van der Waals surface area contributed by atoms with E-state index in [1.54, 1.807) is 0 Å². The molecule has 5 rings (SSSR count). The van der Waals surface area contributed by atoms with Crippen molar-refractivity contribution in [2.24, 2.45) is 0 Å². The zero-order valence-corrected chi connectivity index (χ0v) is 28.5. The fourth-order valence-electron chi connectivity index (χ4n) is 5.33. The molecular formula is C39H44O6S2. The van der Waals surface area contributed by atoms with Gasteiger partial charge in [-0.05, 0) is 40.2 Å². The lowest BCUT2D eigenvalue weighted by molar-refractivity contribution is -0.198. The molecule has 6 nitrogen and oxygen atoms in total. The van der Waals surface area contributed by atoms with Crippen LogP contribution in [0.25, 0.3) is 0 Å². The average Bonchev–Trinajstić information content (AvgIpc) is 3.13. The van der Waals surface area contributed by atoms with E-state index in [0.29, 0.717) is 26.4 Å². The Kier molecular flexibility index (Phi) is 14.7. The number of hydrogen-bond donors (Lipinski definition) is 0. The van der Waals surface area contributed by atoms with Crippen molar-refractivity contribution < 1.29 is 28.5 Å². The Balaban J connectivity index is 1.52. The van der Waals surface area contributed by atoms with E-state index < -0.39 is 18.3 Å². The second-order valence-electron chi connectivity index (χ2n) is 11.4. The van der Waals surface area contributed by atoms with Crippen molar-refractivity contribution in [2.75, 3.05) is 18.1 Å². The Morgan fingerprint density at radius 2 is 1.00 bits per heavy atom. The smallest absolute Gasteiger partial charge is 0.302 e. The minimum absolute atomic E-state index is 0.0170. The van der Waals surface area contributed by atoms with Crippen molar-refractivity contribution in [2.45, 2.75) is 68.8 Å². The first-order valence-corrected chi connectivity index (χ1v) is 18.2. The number of carbonyl (C=O) groups excluding carboxylic acids is 1. The van der Waals surface area contributed by atoms with Crippen LogP contribution in [0.3, 0.4) is 0 Å². The first kappa shape index (κ1) is 35.2. The lowest BCUT2D eigenvalue weighted by Gasteiger charge is -2.40. The van der Waals surface area contributed by atoms with Crippen molar-refractivity contribution in [1.29, 1.82) is 0 Å². The molecule has 47 heavy (non-hydrogen) atoms. The van der Waals surface area contributed by atoms with Gasteiger partial charge < -0.3 is 23.7 Å². The molecule has 1 heterocycles. The molecule has 0 N–H and O–H groups in total. The molecule has 0 aromatic heterocycles. The van der Waals surface area contributed by atoms with Gasteiger partial charge in [0.1, 0.15) is 31.0 Å². The van der Waals surface area contributed by atoms with Crippen LogP contribution in [0.4, 0.5) is 0 Å². The van der Waals surface area contributed by atoms with Crippen LogP contribution in [0, 0.1) is 0 Å². The number of rotatable bonds is 18. The first-order chi connectivity index (χ1) is 23.2. The van der Waals surface area contributed by atoms with E-state index in [1.807, 2.05) is 121 Å². The molecule has 0 unspecified atom stereocenters. The lowest BCUT2D eigenvalue weighted by Crippen LogP contribution is -2.53. The minimum Gasteiger partial charge on any atom is -0.463 e. The van der Waals surface area contributed by atoms with Gasteiger partial charge in [0.15, 0.2) is 0 Å². The number of hydrogen-bond acceptors (Lipinski definition) is 8. The molecule has 1 aliphatic rings. The second kappa shape index (κ2) is 19.6. The van der Waals surface area contributed by atoms with Gasteiger partial charge in [0.2, 0.25) is 0 Å². The summed E-state index contributed by atoms with van der Waals surface area (Å²) in [6, 6.07) is 40.4. The maximum absolute atomic E-state index is 12.2. The summed E-state index contributed by atoms with van der Waals surface area (Å²) in [5, 5.41) is 0. The van der Waals surface area contributed by atoms with E-state index in [1.165, 1.54) is 6.92 Å². The van der Waals surface area contributed by atoms with Crippen molar-refractivity contribution in [3.8, 4) is 0 Å². The summed E-state index contributed by atoms with van der Waals surface area (Å²) in [4.78, 5) is 12.2. The molecule has 1 saturated heterocycles. The highest BCUT2D eigenvalue weighted by Gasteiger charge is 2.43. The number of thioether (sulfide) groups is 2. The normalized spacial score (nSPS) is 16.2. The highest BCUT2D eigenvalue weighted by molar-refractivity contribution is 8.17. The Hall–Kier alpha value is -3.11. The highest BCUT2D eigenvalue weighted by atomic mass is 32.2. The largest absolute Gasteiger partial charge is 0.463 e. The van der Waals surface area contributed by atoms with Crippen molar-refractivity contribution >= 4 is 29.5 Å². The van der Waals surface area contributed by atoms with Crippen molar-refractivity contribution in [1.82, 2.24) is 0 Å². The Labute approximate surface area is 287 Å². The summed E-state index contributed by atoms with van der Waals surface area (Å²) in [5.41, 5.74) is 4.17. The van der Waals surface area contributed by atoms with Crippen LogP contribution in [0.15, 0.2) is 121 Å². The Morgan fingerprint density at radius 3 is 1.45 bits per heavy atom. The van der Waals surface area contributed by atoms with Crippen LogP contribution >= 0.6 is 23.5 Å². The molecule has 0 bridgehead atoms. The van der Waals surface area contributed by atoms with E-state index in [-0.39, 0.29) is 23.3 Å². The molecule has 4 atom stereocenters. The van der Waals surface area contributed by atoms with Gasteiger partial charge in [0.05, 0.1) is 31.0 Å². The quantitative estimate of drug-likeness (QED) is 0.0984. The van der Waals surface area contributed by atoms with Gasteiger partial charge in [0, 0.05) is 6.92 Å². The summed E-state index contributed by atoms with van der Waals surface area (Å²) >= 11 is 3.81. The van der Waals surface area contributed by atoms with Crippen LogP contribution in [-0.2, 0) is 54.9 Å². The van der Waals surface area contributed by atoms with Gasteiger partial charge in [0.25, 0.3) is 0 Å². The van der Waals surface area contributed by atoms with Gasteiger partial charge >= 0.3 is 5.97 Å². The zero-order valence-electron chi connectivity index (χ0n) is 26.9. The molecular weight excluding hydrogens is 629 g/mol. The molecule has 0 saturated carbocycles. The van der Waals surface area contributed by atoms with E-state index in [0.717, 1.165) is 40.2 Å². The predicted molar refractivity (Wildman–Crippen MR) is 190 cm³/mol. The van der Waals surface area contributed by atoms with E-state index in [4.69, 9.17) is 23.7 Å². The van der Waals surface area contributed by atoms with E-state index in [9.17, 15) is 4.79 Å². The molecule has 1 aliphatic heterocycles.